The number of ketones is 2. The number of rotatable bonds is 3. The number of carbonyl (C=O) groups is 2. The molecular formula is C30H26O2. The van der Waals surface area contributed by atoms with Crippen molar-refractivity contribution in [2.75, 3.05) is 0 Å². The van der Waals surface area contributed by atoms with Crippen molar-refractivity contribution in [3.63, 3.8) is 0 Å². The van der Waals surface area contributed by atoms with Gasteiger partial charge in [0.2, 0.25) is 0 Å². The molecule has 0 amide bonds. The highest BCUT2D eigenvalue weighted by atomic mass is 16.2. The molecule has 158 valence electrons. The van der Waals surface area contributed by atoms with Crippen LogP contribution in [-0.4, -0.2) is 11.6 Å². The molecule has 0 aliphatic heterocycles. The minimum absolute atomic E-state index is 0.210. The van der Waals surface area contributed by atoms with Crippen LogP contribution in [0.4, 0.5) is 0 Å². The molecule has 0 aromatic heterocycles. The van der Waals surface area contributed by atoms with Crippen LogP contribution in [0, 0.1) is 22.7 Å². The summed E-state index contributed by atoms with van der Waals surface area (Å²) in [7, 11) is 0. The van der Waals surface area contributed by atoms with Crippen molar-refractivity contribution < 1.29 is 9.59 Å². The molecule has 6 rings (SSSR count). The molecule has 0 bridgehead atoms. The summed E-state index contributed by atoms with van der Waals surface area (Å²) in [5.41, 5.74) is 3.15. The second kappa shape index (κ2) is 6.16. The van der Waals surface area contributed by atoms with Crippen molar-refractivity contribution in [2.45, 2.75) is 26.2 Å². The fourth-order valence-electron chi connectivity index (χ4n) is 7.43. The molecule has 2 fully saturated rings. The van der Waals surface area contributed by atoms with Gasteiger partial charge < -0.3 is 0 Å². The van der Waals surface area contributed by atoms with Gasteiger partial charge in [0.15, 0.2) is 0 Å². The van der Waals surface area contributed by atoms with Gasteiger partial charge in [0.05, 0.1) is 16.7 Å². The van der Waals surface area contributed by atoms with Gasteiger partial charge in [0.1, 0.15) is 11.6 Å². The number of carbonyl (C=O) groups excluding carboxylic acids is 2. The molecule has 0 spiro atoms. The lowest BCUT2D eigenvalue weighted by Gasteiger charge is -2.52. The van der Waals surface area contributed by atoms with Crippen molar-refractivity contribution in [2.24, 2.45) is 22.7 Å². The molecule has 2 nitrogen and oxygen atoms in total. The van der Waals surface area contributed by atoms with Crippen LogP contribution in [0.25, 0.3) is 5.57 Å². The summed E-state index contributed by atoms with van der Waals surface area (Å²) in [6.45, 7) is 6.08. The lowest BCUT2D eigenvalue weighted by molar-refractivity contribution is -0.145. The fraction of sp³-hybridized carbons (Fsp3) is 0.267. The molecule has 3 aliphatic rings. The fourth-order valence-corrected chi connectivity index (χ4v) is 7.43. The second-order valence-corrected chi connectivity index (χ2v) is 9.96. The van der Waals surface area contributed by atoms with Gasteiger partial charge >= 0.3 is 0 Å². The highest BCUT2D eigenvalue weighted by Crippen LogP contribution is 2.81. The summed E-state index contributed by atoms with van der Waals surface area (Å²) in [5.74, 6) is -0.280. The minimum atomic E-state index is -0.766. The highest BCUT2D eigenvalue weighted by Gasteiger charge is 2.87. The number of fused-ring (bicyclic) bond motifs is 2. The Balaban J connectivity index is 1.59. The molecule has 3 aromatic rings. The molecule has 2 heteroatoms. The normalized spacial score (nSPS) is 32.1. The summed E-state index contributed by atoms with van der Waals surface area (Å²) in [6, 6.07) is 30.5. The van der Waals surface area contributed by atoms with E-state index >= 15 is 0 Å². The van der Waals surface area contributed by atoms with Crippen LogP contribution in [0.15, 0.2) is 96.6 Å². The average Bonchev–Trinajstić information content (AvgIpc) is 3.42. The monoisotopic (exact) mass is 418 g/mol. The molecule has 0 N–H and O–H groups in total. The SMILES string of the molecule is CC1=C(c2ccccc2)[C@]2(C)C(=O)[C@H]3C(c4ccccc4)(c4ccccc4)[C@@]3(C)C(=O)C12. The van der Waals surface area contributed by atoms with Crippen LogP contribution < -0.4 is 0 Å². The van der Waals surface area contributed by atoms with Gasteiger partial charge in [0, 0.05) is 11.3 Å². The summed E-state index contributed by atoms with van der Waals surface area (Å²) in [4.78, 5) is 28.7. The van der Waals surface area contributed by atoms with E-state index in [2.05, 4.69) is 36.4 Å². The third-order valence-corrected chi connectivity index (χ3v) is 8.74. The molecule has 0 radical (unpaired) electrons. The molecule has 3 aromatic carbocycles. The van der Waals surface area contributed by atoms with Gasteiger partial charge in [-0.1, -0.05) is 103 Å². The Bertz CT molecular complexity index is 1250. The Morgan fingerprint density at radius 3 is 1.62 bits per heavy atom. The third kappa shape index (κ3) is 1.93. The van der Waals surface area contributed by atoms with Gasteiger partial charge in [-0.2, -0.15) is 0 Å². The first-order valence-electron chi connectivity index (χ1n) is 11.4. The largest absolute Gasteiger partial charge is 0.298 e. The van der Waals surface area contributed by atoms with E-state index in [4.69, 9.17) is 0 Å². The van der Waals surface area contributed by atoms with Crippen molar-refractivity contribution in [1.29, 1.82) is 0 Å². The standard InChI is InChI=1S/C30H26O2/c1-19-23(20-13-7-4-8-14-20)28(2)24(19)26(31)29(3)25(27(28)32)30(29,21-15-9-5-10-16-21)22-17-11-6-12-18-22/h4-18,24-25H,1-3H3/t24?,25-,28+,29-/m1/s1. The minimum Gasteiger partial charge on any atom is -0.298 e. The van der Waals surface area contributed by atoms with E-state index in [1.807, 2.05) is 75.4 Å². The Morgan fingerprint density at radius 2 is 1.12 bits per heavy atom. The Morgan fingerprint density at radius 1 is 0.656 bits per heavy atom. The van der Waals surface area contributed by atoms with E-state index in [0.29, 0.717) is 0 Å². The molecule has 0 saturated heterocycles. The Kier molecular flexibility index (Phi) is 3.74. The zero-order chi connectivity index (χ0) is 22.3. The maximum atomic E-state index is 14.4. The van der Waals surface area contributed by atoms with Crippen LogP contribution in [0.1, 0.15) is 37.5 Å². The second-order valence-electron chi connectivity index (χ2n) is 9.96. The smallest absolute Gasteiger partial charge is 0.149 e. The molecular weight excluding hydrogens is 392 g/mol. The van der Waals surface area contributed by atoms with Gasteiger partial charge in [-0.05, 0) is 36.1 Å². The predicted octanol–water partition coefficient (Wildman–Crippen LogP) is 5.87. The maximum absolute atomic E-state index is 14.4. The molecule has 2 saturated carbocycles. The van der Waals surface area contributed by atoms with Crippen LogP contribution in [-0.2, 0) is 15.0 Å². The van der Waals surface area contributed by atoms with Crippen molar-refractivity contribution in [1.82, 2.24) is 0 Å². The molecule has 3 aliphatic carbocycles. The van der Waals surface area contributed by atoms with Gasteiger partial charge in [-0.3, -0.25) is 9.59 Å². The first-order chi connectivity index (χ1) is 15.4. The molecule has 4 atom stereocenters. The first kappa shape index (κ1) is 19.4. The first-order valence-corrected chi connectivity index (χ1v) is 11.4. The van der Waals surface area contributed by atoms with Crippen LogP contribution >= 0.6 is 0 Å². The van der Waals surface area contributed by atoms with Crippen LogP contribution in [0.2, 0.25) is 0 Å². The summed E-state index contributed by atoms with van der Waals surface area (Å²) >= 11 is 0. The Hall–Kier alpha value is -3.26. The number of benzene rings is 3. The zero-order valence-corrected chi connectivity index (χ0v) is 18.6. The number of Topliss-reactive ketones (excluding diaryl/α,β-unsaturated/α-hetero) is 2. The van der Waals surface area contributed by atoms with Crippen LogP contribution in [0.3, 0.4) is 0 Å². The molecule has 0 heterocycles. The topological polar surface area (TPSA) is 34.1 Å². The number of allylic oxidation sites excluding steroid dienone is 2. The van der Waals surface area contributed by atoms with Gasteiger partial charge in [-0.15, -0.1) is 0 Å². The lowest BCUT2D eigenvalue weighted by Crippen LogP contribution is -2.55. The third-order valence-electron chi connectivity index (χ3n) is 8.74. The van der Waals surface area contributed by atoms with E-state index < -0.39 is 16.2 Å². The highest BCUT2D eigenvalue weighted by molar-refractivity contribution is 6.21. The number of hydrogen-bond donors (Lipinski definition) is 0. The molecule has 1 unspecified atom stereocenters. The maximum Gasteiger partial charge on any atom is 0.149 e. The van der Waals surface area contributed by atoms with Crippen LogP contribution in [0.5, 0.6) is 0 Å². The van der Waals surface area contributed by atoms with E-state index in [9.17, 15) is 9.59 Å². The number of hydrogen-bond acceptors (Lipinski definition) is 2. The lowest BCUT2D eigenvalue weighted by atomic mass is 9.48. The van der Waals surface area contributed by atoms with E-state index in [1.165, 1.54) is 0 Å². The van der Waals surface area contributed by atoms with E-state index in [1.54, 1.807) is 0 Å². The van der Waals surface area contributed by atoms with Gasteiger partial charge in [0.25, 0.3) is 0 Å². The van der Waals surface area contributed by atoms with E-state index in [-0.39, 0.29) is 23.4 Å². The van der Waals surface area contributed by atoms with E-state index in [0.717, 1.165) is 27.8 Å². The Labute approximate surface area is 189 Å². The summed E-state index contributed by atoms with van der Waals surface area (Å²) in [5, 5.41) is 0. The van der Waals surface area contributed by atoms with Gasteiger partial charge in [-0.25, -0.2) is 0 Å². The predicted molar refractivity (Wildman–Crippen MR) is 126 cm³/mol. The molecule has 32 heavy (non-hydrogen) atoms. The van der Waals surface area contributed by atoms with Crippen molar-refractivity contribution >= 4 is 17.1 Å². The van der Waals surface area contributed by atoms with Crippen molar-refractivity contribution in [3.05, 3.63) is 113 Å². The summed E-state index contributed by atoms with van der Waals surface area (Å²) in [6.07, 6.45) is 0. The van der Waals surface area contributed by atoms with Crippen molar-refractivity contribution in [3.8, 4) is 0 Å². The average molecular weight is 419 g/mol. The summed E-state index contributed by atoms with van der Waals surface area (Å²) < 4.78 is 0. The zero-order valence-electron chi connectivity index (χ0n) is 18.6. The quantitative estimate of drug-likeness (QED) is 0.533.